The molecule has 0 unspecified atom stereocenters. The minimum Gasteiger partial charge on any atom is -0.374 e. The summed E-state index contributed by atoms with van der Waals surface area (Å²) in [7, 11) is 0. The molecule has 1 aromatic carbocycles. The minimum atomic E-state index is 0.475. The first kappa shape index (κ1) is 11.2. The molecule has 1 N–H and O–H groups in total. The number of hydrogen-bond acceptors (Lipinski definition) is 2. The van der Waals surface area contributed by atoms with Gasteiger partial charge in [0.2, 0.25) is 0 Å². The monoisotopic (exact) mass is 231 g/mol. The Morgan fingerprint density at radius 2 is 1.82 bits per heavy atom. The largest absolute Gasteiger partial charge is 0.374 e. The van der Waals surface area contributed by atoms with Crippen molar-refractivity contribution >= 4 is 0 Å². The second-order valence-corrected chi connectivity index (χ2v) is 5.45. The zero-order chi connectivity index (χ0) is 11.6. The molecule has 1 aliphatic carbocycles. The van der Waals surface area contributed by atoms with E-state index in [0.717, 1.165) is 6.61 Å². The number of hydrogen-bond donors (Lipinski definition) is 1. The smallest absolute Gasteiger partial charge is 0.0720 e. The molecular weight excluding hydrogens is 210 g/mol. The fraction of sp³-hybridized carbons (Fsp3) is 0.600. The van der Waals surface area contributed by atoms with Gasteiger partial charge < -0.3 is 10.1 Å². The summed E-state index contributed by atoms with van der Waals surface area (Å²) >= 11 is 0. The van der Waals surface area contributed by atoms with Gasteiger partial charge in [-0.3, -0.25) is 0 Å². The topological polar surface area (TPSA) is 21.3 Å². The van der Waals surface area contributed by atoms with Crippen LogP contribution in [0, 0.1) is 0 Å². The molecule has 1 saturated carbocycles. The second-order valence-electron chi connectivity index (χ2n) is 5.45. The molecule has 1 aliphatic heterocycles. The minimum absolute atomic E-state index is 0.475. The van der Waals surface area contributed by atoms with Crippen molar-refractivity contribution in [2.45, 2.75) is 50.4 Å². The SMILES string of the molecule is c1ccc(COC2CCC3(CCN3)CC2)cc1. The standard InChI is InChI=1S/C15H21NO/c1-2-4-13(5-3-1)12-17-14-6-8-15(9-7-14)10-11-16-15/h1-5,14,16H,6-12H2. The van der Waals surface area contributed by atoms with E-state index in [1.165, 1.54) is 44.2 Å². The average Bonchev–Trinajstić information content (AvgIpc) is 2.36. The summed E-state index contributed by atoms with van der Waals surface area (Å²) in [5, 5.41) is 3.60. The summed E-state index contributed by atoms with van der Waals surface area (Å²) in [4.78, 5) is 0. The molecule has 3 rings (SSSR count). The van der Waals surface area contributed by atoms with Gasteiger partial charge in [-0.15, -0.1) is 0 Å². The van der Waals surface area contributed by atoms with E-state index in [-0.39, 0.29) is 0 Å². The van der Waals surface area contributed by atoms with Crippen LogP contribution in [0.15, 0.2) is 30.3 Å². The van der Waals surface area contributed by atoms with Crippen LogP contribution in [-0.4, -0.2) is 18.2 Å². The van der Waals surface area contributed by atoms with Gasteiger partial charge in [0.25, 0.3) is 0 Å². The van der Waals surface area contributed by atoms with Crippen molar-refractivity contribution in [3.63, 3.8) is 0 Å². The highest BCUT2D eigenvalue weighted by Crippen LogP contribution is 2.36. The van der Waals surface area contributed by atoms with Crippen LogP contribution in [0.2, 0.25) is 0 Å². The van der Waals surface area contributed by atoms with Crippen molar-refractivity contribution in [2.75, 3.05) is 6.54 Å². The van der Waals surface area contributed by atoms with Crippen LogP contribution >= 0.6 is 0 Å². The van der Waals surface area contributed by atoms with Crippen LogP contribution in [0.5, 0.6) is 0 Å². The van der Waals surface area contributed by atoms with Crippen molar-refractivity contribution in [1.82, 2.24) is 5.32 Å². The fourth-order valence-electron chi connectivity index (χ4n) is 3.00. The third-order valence-electron chi connectivity index (χ3n) is 4.32. The van der Waals surface area contributed by atoms with E-state index in [1.807, 2.05) is 0 Å². The highest BCUT2D eigenvalue weighted by molar-refractivity contribution is 5.13. The van der Waals surface area contributed by atoms with Gasteiger partial charge in [-0.2, -0.15) is 0 Å². The van der Waals surface area contributed by atoms with Crippen LogP contribution < -0.4 is 5.32 Å². The Bertz CT molecular complexity index is 348. The Balaban J connectivity index is 1.45. The second kappa shape index (κ2) is 4.79. The molecule has 1 aromatic rings. The molecule has 2 fully saturated rings. The summed E-state index contributed by atoms with van der Waals surface area (Å²) in [5.41, 5.74) is 1.79. The Morgan fingerprint density at radius 1 is 1.12 bits per heavy atom. The Labute approximate surface area is 103 Å². The highest BCUT2D eigenvalue weighted by Gasteiger charge is 2.39. The average molecular weight is 231 g/mol. The van der Waals surface area contributed by atoms with Gasteiger partial charge in [0.05, 0.1) is 12.7 Å². The maximum Gasteiger partial charge on any atom is 0.0720 e. The van der Waals surface area contributed by atoms with Gasteiger partial charge >= 0.3 is 0 Å². The van der Waals surface area contributed by atoms with Crippen LogP contribution in [0.3, 0.4) is 0 Å². The van der Waals surface area contributed by atoms with E-state index in [9.17, 15) is 0 Å². The van der Waals surface area contributed by atoms with Gasteiger partial charge in [0.1, 0.15) is 0 Å². The number of benzene rings is 1. The van der Waals surface area contributed by atoms with Crippen LogP contribution in [0.1, 0.15) is 37.7 Å². The molecule has 17 heavy (non-hydrogen) atoms. The predicted octanol–water partition coefficient (Wildman–Crippen LogP) is 2.88. The molecule has 2 aliphatic rings. The molecule has 92 valence electrons. The third kappa shape index (κ3) is 2.53. The summed E-state index contributed by atoms with van der Waals surface area (Å²) in [6.07, 6.45) is 6.89. The molecule has 1 heterocycles. The number of rotatable bonds is 3. The molecule has 0 radical (unpaired) electrons. The Kier molecular flexibility index (Phi) is 3.17. The maximum absolute atomic E-state index is 6.00. The van der Waals surface area contributed by atoms with E-state index in [1.54, 1.807) is 0 Å². The quantitative estimate of drug-likeness (QED) is 0.863. The van der Waals surface area contributed by atoms with E-state index >= 15 is 0 Å². The van der Waals surface area contributed by atoms with Crippen LogP contribution in [0.4, 0.5) is 0 Å². The first-order chi connectivity index (χ1) is 8.36. The molecule has 1 spiro atoms. The van der Waals surface area contributed by atoms with Crippen molar-refractivity contribution in [2.24, 2.45) is 0 Å². The van der Waals surface area contributed by atoms with Gasteiger partial charge in [-0.25, -0.2) is 0 Å². The van der Waals surface area contributed by atoms with Crippen molar-refractivity contribution in [1.29, 1.82) is 0 Å². The molecule has 0 atom stereocenters. The Hall–Kier alpha value is -0.860. The molecular formula is C15H21NO. The van der Waals surface area contributed by atoms with E-state index in [4.69, 9.17) is 4.74 Å². The zero-order valence-electron chi connectivity index (χ0n) is 10.3. The van der Waals surface area contributed by atoms with E-state index in [0.29, 0.717) is 11.6 Å². The lowest BCUT2D eigenvalue weighted by Gasteiger charge is -2.47. The van der Waals surface area contributed by atoms with Crippen LogP contribution in [0.25, 0.3) is 0 Å². The molecule has 0 aromatic heterocycles. The van der Waals surface area contributed by atoms with Gasteiger partial charge in [-0.1, -0.05) is 30.3 Å². The van der Waals surface area contributed by atoms with Crippen molar-refractivity contribution in [3.8, 4) is 0 Å². The zero-order valence-corrected chi connectivity index (χ0v) is 10.3. The lowest BCUT2D eigenvalue weighted by Crippen LogP contribution is -2.59. The number of nitrogens with one attached hydrogen (secondary N) is 1. The van der Waals surface area contributed by atoms with Gasteiger partial charge in [-0.05, 0) is 44.2 Å². The summed E-state index contributed by atoms with van der Waals surface area (Å²) in [6, 6.07) is 10.5. The molecule has 2 heteroatoms. The van der Waals surface area contributed by atoms with Crippen molar-refractivity contribution in [3.05, 3.63) is 35.9 Å². The third-order valence-corrected chi connectivity index (χ3v) is 4.32. The Morgan fingerprint density at radius 3 is 2.41 bits per heavy atom. The summed E-state index contributed by atoms with van der Waals surface area (Å²) in [6.45, 7) is 1.99. The van der Waals surface area contributed by atoms with E-state index in [2.05, 4.69) is 35.6 Å². The van der Waals surface area contributed by atoms with Crippen LogP contribution in [-0.2, 0) is 11.3 Å². The number of ether oxygens (including phenoxy) is 1. The first-order valence-corrected chi connectivity index (χ1v) is 6.77. The highest BCUT2D eigenvalue weighted by atomic mass is 16.5. The predicted molar refractivity (Wildman–Crippen MR) is 68.8 cm³/mol. The lowest BCUT2D eigenvalue weighted by molar-refractivity contribution is -0.0145. The molecule has 0 amide bonds. The molecule has 2 nitrogen and oxygen atoms in total. The van der Waals surface area contributed by atoms with Crippen molar-refractivity contribution < 1.29 is 4.74 Å². The molecule has 1 saturated heterocycles. The van der Waals surface area contributed by atoms with E-state index < -0.39 is 0 Å². The summed E-state index contributed by atoms with van der Waals surface area (Å²) < 4.78 is 6.00. The van der Waals surface area contributed by atoms with Gasteiger partial charge in [0.15, 0.2) is 0 Å². The maximum atomic E-state index is 6.00. The fourth-order valence-corrected chi connectivity index (χ4v) is 3.00. The normalized spacial score (nSPS) is 32.4. The summed E-state index contributed by atoms with van der Waals surface area (Å²) in [5.74, 6) is 0. The molecule has 0 bridgehead atoms. The lowest BCUT2D eigenvalue weighted by atomic mass is 9.74. The van der Waals surface area contributed by atoms with Gasteiger partial charge in [0, 0.05) is 5.54 Å². The first-order valence-electron chi connectivity index (χ1n) is 6.77.